The van der Waals surface area contributed by atoms with E-state index in [4.69, 9.17) is 10.00 Å². The third kappa shape index (κ3) is 2.08. The van der Waals surface area contributed by atoms with E-state index in [0.717, 1.165) is 39.1 Å². The van der Waals surface area contributed by atoms with Gasteiger partial charge in [-0.15, -0.1) is 0 Å². The second-order valence-electron chi connectivity index (χ2n) is 4.24. The lowest BCUT2D eigenvalue weighted by Gasteiger charge is -2.28. The van der Waals surface area contributed by atoms with Crippen LogP contribution >= 0.6 is 0 Å². The van der Waals surface area contributed by atoms with Gasteiger partial charge in [-0.2, -0.15) is 5.26 Å². The summed E-state index contributed by atoms with van der Waals surface area (Å²) in [5.74, 6) is 0.271. The first-order valence-corrected chi connectivity index (χ1v) is 5.63. The van der Waals surface area contributed by atoms with Gasteiger partial charge in [-0.1, -0.05) is 6.42 Å². The molecule has 3 heteroatoms. The Kier molecular flexibility index (Phi) is 3.39. The first-order chi connectivity index (χ1) is 6.92. The number of hydrogen-bond donors (Lipinski definition) is 0. The molecular weight excluding hydrogens is 176 g/mol. The standard InChI is InChI=1S/C11H18N2O/c12-9-10-3-1-4-11(10)13-5-2-7-14-8-6-13/h10-11H,1-8H2. The van der Waals surface area contributed by atoms with Gasteiger partial charge < -0.3 is 4.74 Å². The van der Waals surface area contributed by atoms with Crippen LogP contribution in [-0.2, 0) is 4.74 Å². The summed E-state index contributed by atoms with van der Waals surface area (Å²) >= 11 is 0. The molecule has 0 aromatic carbocycles. The Morgan fingerprint density at radius 3 is 2.93 bits per heavy atom. The van der Waals surface area contributed by atoms with Crippen LogP contribution in [0.1, 0.15) is 25.7 Å². The van der Waals surface area contributed by atoms with Crippen molar-refractivity contribution in [2.75, 3.05) is 26.3 Å². The zero-order valence-corrected chi connectivity index (χ0v) is 8.61. The molecule has 0 bridgehead atoms. The smallest absolute Gasteiger partial charge is 0.0672 e. The predicted octanol–water partition coefficient (Wildman–Crippen LogP) is 1.40. The van der Waals surface area contributed by atoms with Crippen molar-refractivity contribution in [2.24, 2.45) is 5.92 Å². The summed E-state index contributed by atoms with van der Waals surface area (Å²) in [6.45, 7) is 3.86. The van der Waals surface area contributed by atoms with Crippen LogP contribution in [0.3, 0.4) is 0 Å². The molecule has 0 spiro atoms. The number of hydrogen-bond acceptors (Lipinski definition) is 3. The summed E-state index contributed by atoms with van der Waals surface area (Å²) < 4.78 is 5.43. The number of ether oxygens (including phenoxy) is 1. The summed E-state index contributed by atoms with van der Waals surface area (Å²) in [5, 5.41) is 9.03. The van der Waals surface area contributed by atoms with Gasteiger partial charge in [-0.25, -0.2) is 0 Å². The minimum Gasteiger partial charge on any atom is -0.380 e. The molecule has 2 fully saturated rings. The molecule has 0 aromatic heterocycles. The lowest BCUT2D eigenvalue weighted by Crippen LogP contribution is -2.39. The van der Waals surface area contributed by atoms with Crippen LogP contribution in [0.4, 0.5) is 0 Å². The third-order valence-electron chi connectivity index (χ3n) is 3.37. The van der Waals surface area contributed by atoms with Crippen molar-refractivity contribution in [1.29, 1.82) is 5.26 Å². The fourth-order valence-corrected chi connectivity index (χ4v) is 2.63. The van der Waals surface area contributed by atoms with Crippen molar-refractivity contribution in [2.45, 2.75) is 31.7 Å². The van der Waals surface area contributed by atoms with Gasteiger partial charge in [-0.05, 0) is 19.3 Å². The highest BCUT2D eigenvalue weighted by atomic mass is 16.5. The number of nitrogens with zero attached hydrogens (tertiary/aromatic N) is 2. The van der Waals surface area contributed by atoms with E-state index in [1.807, 2.05) is 0 Å². The lowest BCUT2D eigenvalue weighted by molar-refractivity contribution is 0.127. The van der Waals surface area contributed by atoms with Crippen LogP contribution in [0, 0.1) is 17.2 Å². The maximum absolute atomic E-state index is 9.03. The molecule has 2 aliphatic rings. The Morgan fingerprint density at radius 1 is 1.14 bits per heavy atom. The van der Waals surface area contributed by atoms with E-state index in [1.54, 1.807) is 0 Å². The minimum atomic E-state index is 0.271. The monoisotopic (exact) mass is 194 g/mol. The van der Waals surface area contributed by atoms with Crippen LogP contribution < -0.4 is 0 Å². The molecule has 2 atom stereocenters. The summed E-state index contributed by atoms with van der Waals surface area (Å²) in [5.41, 5.74) is 0. The van der Waals surface area contributed by atoms with Crippen LogP contribution in [0.2, 0.25) is 0 Å². The van der Waals surface area contributed by atoms with Crippen molar-refractivity contribution < 1.29 is 4.74 Å². The molecule has 1 saturated heterocycles. The molecule has 1 aliphatic carbocycles. The molecular formula is C11H18N2O. The highest BCUT2D eigenvalue weighted by Crippen LogP contribution is 2.29. The van der Waals surface area contributed by atoms with Crippen molar-refractivity contribution in [3.8, 4) is 6.07 Å². The van der Waals surface area contributed by atoms with Crippen molar-refractivity contribution in [3.05, 3.63) is 0 Å². The molecule has 3 nitrogen and oxygen atoms in total. The second kappa shape index (κ2) is 4.77. The van der Waals surface area contributed by atoms with E-state index in [1.165, 1.54) is 12.8 Å². The quantitative estimate of drug-likeness (QED) is 0.633. The molecule has 0 N–H and O–H groups in total. The zero-order valence-electron chi connectivity index (χ0n) is 8.61. The molecule has 1 heterocycles. The van der Waals surface area contributed by atoms with E-state index in [-0.39, 0.29) is 5.92 Å². The summed E-state index contributed by atoms with van der Waals surface area (Å²) in [4.78, 5) is 2.47. The van der Waals surface area contributed by atoms with E-state index in [9.17, 15) is 0 Å². The lowest BCUT2D eigenvalue weighted by atomic mass is 10.0. The first-order valence-electron chi connectivity index (χ1n) is 5.63. The van der Waals surface area contributed by atoms with Gasteiger partial charge in [0.05, 0.1) is 18.6 Å². The van der Waals surface area contributed by atoms with Crippen molar-refractivity contribution in [3.63, 3.8) is 0 Å². The molecule has 0 aromatic rings. The molecule has 2 unspecified atom stereocenters. The summed E-state index contributed by atoms with van der Waals surface area (Å²) in [7, 11) is 0. The van der Waals surface area contributed by atoms with Crippen molar-refractivity contribution >= 4 is 0 Å². The Balaban J connectivity index is 1.95. The van der Waals surface area contributed by atoms with Gasteiger partial charge in [0.15, 0.2) is 0 Å². The molecule has 2 rings (SSSR count). The Labute approximate surface area is 85.6 Å². The Hall–Kier alpha value is -0.590. The largest absolute Gasteiger partial charge is 0.380 e. The van der Waals surface area contributed by atoms with Crippen molar-refractivity contribution in [1.82, 2.24) is 4.90 Å². The van der Waals surface area contributed by atoms with Crippen LogP contribution in [-0.4, -0.2) is 37.2 Å². The summed E-state index contributed by atoms with van der Waals surface area (Å²) in [6.07, 6.45) is 4.64. The second-order valence-corrected chi connectivity index (χ2v) is 4.24. The maximum Gasteiger partial charge on any atom is 0.0672 e. The van der Waals surface area contributed by atoms with Gasteiger partial charge in [0.2, 0.25) is 0 Å². The highest BCUT2D eigenvalue weighted by molar-refractivity contribution is 4.97. The van der Waals surface area contributed by atoms with Gasteiger partial charge in [-0.3, -0.25) is 4.90 Å². The van der Waals surface area contributed by atoms with E-state index < -0.39 is 0 Å². The maximum atomic E-state index is 9.03. The van der Waals surface area contributed by atoms with Gasteiger partial charge in [0.25, 0.3) is 0 Å². The van der Waals surface area contributed by atoms with Gasteiger partial charge in [0.1, 0.15) is 0 Å². The molecule has 78 valence electrons. The van der Waals surface area contributed by atoms with Crippen LogP contribution in [0.15, 0.2) is 0 Å². The van der Waals surface area contributed by atoms with E-state index in [0.29, 0.717) is 6.04 Å². The average molecular weight is 194 g/mol. The first kappa shape index (κ1) is 9.95. The molecule has 1 aliphatic heterocycles. The van der Waals surface area contributed by atoms with Crippen LogP contribution in [0.25, 0.3) is 0 Å². The topological polar surface area (TPSA) is 36.3 Å². The van der Waals surface area contributed by atoms with E-state index in [2.05, 4.69) is 11.0 Å². The predicted molar refractivity (Wildman–Crippen MR) is 53.8 cm³/mol. The van der Waals surface area contributed by atoms with E-state index >= 15 is 0 Å². The fourth-order valence-electron chi connectivity index (χ4n) is 2.63. The third-order valence-corrected chi connectivity index (χ3v) is 3.37. The fraction of sp³-hybridized carbons (Fsp3) is 0.909. The molecule has 14 heavy (non-hydrogen) atoms. The van der Waals surface area contributed by atoms with Crippen LogP contribution in [0.5, 0.6) is 0 Å². The molecule has 0 amide bonds. The highest BCUT2D eigenvalue weighted by Gasteiger charge is 2.32. The van der Waals surface area contributed by atoms with Gasteiger partial charge in [0, 0.05) is 25.7 Å². The zero-order chi connectivity index (χ0) is 9.80. The number of nitriles is 1. The molecule has 0 radical (unpaired) electrons. The Morgan fingerprint density at radius 2 is 2.07 bits per heavy atom. The minimum absolute atomic E-state index is 0.271. The average Bonchev–Trinajstić information content (AvgIpc) is 2.52. The Bertz CT molecular complexity index is 216. The SMILES string of the molecule is N#CC1CCCC1N1CCCOCC1. The normalized spacial score (nSPS) is 35.1. The summed E-state index contributed by atoms with van der Waals surface area (Å²) in [6, 6.07) is 2.96. The molecule has 1 saturated carbocycles. The number of rotatable bonds is 1. The van der Waals surface area contributed by atoms with Gasteiger partial charge >= 0.3 is 0 Å².